The van der Waals surface area contributed by atoms with E-state index in [9.17, 15) is 34.8 Å². The predicted molar refractivity (Wildman–Crippen MR) is 182 cm³/mol. The van der Waals surface area contributed by atoms with Gasteiger partial charge in [-0.2, -0.15) is 0 Å². The molecular formula is C39H49NO10. The van der Waals surface area contributed by atoms with Crippen molar-refractivity contribution in [2.45, 2.75) is 102 Å². The second-order valence-corrected chi connectivity index (χ2v) is 15.5. The summed E-state index contributed by atoms with van der Waals surface area (Å²) in [5.41, 5.74) is -5.98. The number of aliphatic hydroxyl groups is 4. The molecule has 8 unspecified atom stereocenters. The van der Waals surface area contributed by atoms with Crippen molar-refractivity contribution in [2.75, 3.05) is 13.7 Å². The number of ether oxygens (including phenoxy) is 3. The first-order valence-corrected chi connectivity index (χ1v) is 17.2. The molecule has 1 aliphatic heterocycles. The highest BCUT2D eigenvalue weighted by molar-refractivity contribution is 5.95. The third kappa shape index (κ3) is 4.81. The van der Waals surface area contributed by atoms with Crippen molar-refractivity contribution >= 4 is 17.7 Å². The van der Waals surface area contributed by atoms with Crippen LogP contribution in [0.3, 0.4) is 0 Å². The van der Waals surface area contributed by atoms with Crippen LogP contribution >= 0.6 is 0 Å². The number of carbonyl (C=O) groups is 3. The minimum absolute atomic E-state index is 0.0632. The third-order valence-electron chi connectivity index (χ3n) is 13.4. The van der Waals surface area contributed by atoms with Crippen molar-refractivity contribution in [2.24, 2.45) is 22.2 Å². The highest BCUT2D eigenvalue weighted by Crippen LogP contribution is 2.70. The molecule has 11 heteroatoms. The Kier molecular flexibility index (Phi) is 8.98. The van der Waals surface area contributed by atoms with E-state index in [0.717, 1.165) is 0 Å². The first-order chi connectivity index (χ1) is 23.4. The molecule has 50 heavy (non-hydrogen) atoms. The summed E-state index contributed by atoms with van der Waals surface area (Å²) < 4.78 is 17.7. The molecular weight excluding hydrogens is 642 g/mol. The molecule has 6 rings (SSSR count). The summed E-state index contributed by atoms with van der Waals surface area (Å²) in [6, 6.07) is 15.7. The minimum Gasteiger partial charge on any atom is -0.456 e. The fourth-order valence-corrected chi connectivity index (χ4v) is 9.95. The molecule has 11 atom stereocenters. The van der Waals surface area contributed by atoms with Crippen LogP contribution in [0.2, 0.25) is 0 Å². The van der Waals surface area contributed by atoms with Crippen LogP contribution in [0.15, 0.2) is 71.8 Å². The van der Waals surface area contributed by atoms with Gasteiger partial charge in [-0.25, -0.2) is 4.79 Å². The fraction of sp³-hybridized carbons (Fsp3) is 0.564. The van der Waals surface area contributed by atoms with Crippen molar-refractivity contribution in [1.82, 2.24) is 5.32 Å². The van der Waals surface area contributed by atoms with Crippen LogP contribution in [-0.2, 0) is 23.8 Å². The number of carbonyl (C=O) groups excluding carboxylic acids is 3. The average Bonchev–Trinajstić information content (AvgIpc) is 3.10. The molecule has 0 spiro atoms. The first-order valence-electron chi connectivity index (χ1n) is 17.2. The van der Waals surface area contributed by atoms with Crippen LogP contribution in [0, 0.1) is 22.2 Å². The number of methoxy groups -OCH3 is 1. The summed E-state index contributed by atoms with van der Waals surface area (Å²) in [6.45, 7) is 10.3. The standard InChI is InChI=1S/C39H49NO10/c1-21-25(50-34(45)31(42)29(23-14-10-8-11-15-23)40-33(44)24-16-12-9-13-17-24)19-38(46)22(2)37(6)36(5,32(43)30(41)28(21)35(38,3)4)26(48-7)18-27-39(37,47)20-49-27/h8-17,22,25-27,29-31,41-42,46-47H,18-20H2,1-7H3,(H,40,44)/t22-,25?,26?,27?,29?,30?,31?,36-,37?,38?,39-/m0/s1. The fourth-order valence-electron chi connectivity index (χ4n) is 9.95. The summed E-state index contributed by atoms with van der Waals surface area (Å²) in [5.74, 6) is -2.98. The van der Waals surface area contributed by atoms with E-state index in [1.54, 1.807) is 102 Å². The third-order valence-corrected chi connectivity index (χ3v) is 13.4. The highest BCUT2D eigenvalue weighted by Gasteiger charge is 2.79. The molecule has 1 amide bonds. The summed E-state index contributed by atoms with van der Waals surface area (Å²) in [6.07, 6.45) is -6.10. The number of rotatable bonds is 7. The van der Waals surface area contributed by atoms with Crippen molar-refractivity contribution in [1.29, 1.82) is 0 Å². The smallest absolute Gasteiger partial charge is 0.338 e. The molecule has 2 bridgehead atoms. The molecule has 0 radical (unpaired) electrons. The molecule has 3 aliphatic carbocycles. The van der Waals surface area contributed by atoms with Crippen molar-refractivity contribution in [3.8, 4) is 0 Å². The summed E-state index contributed by atoms with van der Waals surface area (Å²) in [7, 11) is 1.48. The minimum atomic E-state index is -1.86. The normalized spacial score (nSPS) is 38.7. The van der Waals surface area contributed by atoms with Gasteiger partial charge in [-0.05, 0) is 48.6 Å². The lowest BCUT2D eigenvalue weighted by Gasteiger charge is -2.72. The lowest BCUT2D eigenvalue weighted by molar-refractivity contribution is -0.373. The second-order valence-electron chi connectivity index (χ2n) is 15.5. The Bertz CT molecular complexity index is 1690. The molecule has 0 aromatic heterocycles. The second kappa shape index (κ2) is 12.4. The number of benzene rings is 2. The van der Waals surface area contributed by atoms with E-state index < -0.39 is 87.6 Å². The zero-order valence-electron chi connectivity index (χ0n) is 29.7. The number of Topliss-reactive ketones (excluding diaryl/α,β-unsaturated/α-hetero) is 1. The quantitative estimate of drug-likeness (QED) is 0.215. The Balaban J connectivity index is 1.40. The van der Waals surface area contributed by atoms with E-state index in [2.05, 4.69) is 5.32 Å². The molecule has 2 saturated carbocycles. The van der Waals surface area contributed by atoms with Crippen LogP contribution in [0.1, 0.15) is 76.3 Å². The number of amides is 1. The molecule has 1 saturated heterocycles. The van der Waals surface area contributed by atoms with Gasteiger partial charge in [-0.1, -0.05) is 76.2 Å². The van der Waals surface area contributed by atoms with Crippen LogP contribution in [0.4, 0.5) is 0 Å². The van der Waals surface area contributed by atoms with Gasteiger partial charge in [0.25, 0.3) is 5.91 Å². The number of fused-ring (bicyclic) bond motifs is 5. The van der Waals surface area contributed by atoms with Gasteiger partial charge in [0, 0.05) is 36.3 Å². The number of hydrogen-bond donors (Lipinski definition) is 5. The van der Waals surface area contributed by atoms with Gasteiger partial charge < -0.3 is 40.0 Å². The molecule has 1 heterocycles. The Morgan fingerprint density at radius 3 is 2.14 bits per heavy atom. The SMILES string of the molecule is COC1CC2OC[C@@]2(O)C2(C)[C@H](C)C3(O)CC(OC(=O)C(O)C(NC(=O)c4ccccc4)c4ccccc4)C(C)=C(C(O)C(=O)[C@]12C)C3(C)C. The maximum absolute atomic E-state index is 14.7. The van der Waals surface area contributed by atoms with E-state index in [1.807, 2.05) is 0 Å². The zero-order valence-corrected chi connectivity index (χ0v) is 29.7. The number of aliphatic hydroxyl groups excluding tert-OH is 2. The van der Waals surface area contributed by atoms with E-state index in [4.69, 9.17) is 14.2 Å². The Hall–Kier alpha value is -3.45. The molecule has 3 fully saturated rings. The number of ketones is 1. The van der Waals surface area contributed by atoms with Gasteiger partial charge in [0.15, 0.2) is 11.9 Å². The maximum atomic E-state index is 14.7. The summed E-state index contributed by atoms with van der Waals surface area (Å²) in [5, 5.41) is 51.7. The van der Waals surface area contributed by atoms with Gasteiger partial charge >= 0.3 is 5.97 Å². The van der Waals surface area contributed by atoms with Gasteiger partial charge in [0.05, 0.1) is 35.9 Å². The lowest BCUT2D eigenvalue weighted by atomic mass is 9.36. The monoisotopic (exact) mass is 691 g/mol. The highest BCUT2D eigenvalue weighted by atomic mass is 16.6. The Morgan fingerprint density at radius 1 is 0.980 bits per heavy atom. The van der Waals surface area contributed by atoms with Crippen molar-refractivity contribution < 1.29 is 49.0 Å². The lowest BCUT2D eigenvalue weighted by Crippen LogP contribution is -2.83. The molecule has 2 aromatic rings. The van der Waals surface area contributed by atoms with E-state index in [1.165, 1.54) is 7.11 Å². The van der Waals surface area contributed by atoms with E-state index in [-0.39, 0.29) is 25.0 Å². The number of nitrogens with one attached hydrogen (secondary N) is 1. The zero-order chi connectivity index (χ0) is 36.6. The average molecular weight is 692 g/mol. The predicted octanol–water partition coefficient (Wildman–Crippen LogP) is 3.05. The van der Waals surface area contributed by atoms with Gasteiger partial charge in [-0.3, -0.25) is 9.59 Å². The Morgan fingerprint density at radius 2 is 1.58 bits per heavy atom. The van der Waals surface area contributed by atoms with Crippen LogP contribution in [-0.4, -0.2) is 93.5 Å². The van der Waals surface area contributed by atoms with E-state index in [0.29, 0.717) is 16.7 Å². The Labute approximate surface area is 292 Å². The molecule has 2 aromatic carbocycles. The maximum Gasteiger partial charge on any atom is 0.338 e. The number of hydrogen-bond acceptors (Lipinski definition) is 10. The molecule has 5 N–H and O–H groups in total. The van der Waals surface area contributed by atoms with Crippen LogP contribution < -0.4 is 5.32 Å². The topological polar surface area (TPSA) is 172 Å². The van der Waals surface area contributed by atoms with Gasteiger partial charge in [-0.15, -0.1) is 0 Å². The van der Waals surface area contributed by atoms with Crippen LogP contribution in [0.25, 0.3) is 0 Å². The van der Waals surface area contributed by atoms with Gasteiger partial charge in [0.2, 0.25) is 0 Å². The molecule has 270 valence electrons. The van der Waals surface area contributed by atoms with Crippen molar-refractivity contribution in [3.05, 3.63) is 82.9 Å². The van der Waals surface area contributed by atoms with Gasteiger partial charge in [0.1, 0.15) is 17.8 Å². The van der Waals surface area contributed by atoms with E-state index >= 15 is 0 Å². The van der Waals surface area contributed by atoms with Crippen molar-refractivity contribution in [3.63, 3.8) is 0 Å². The molecule has 4 aliphatic rings. The summed E-state index contributed by atoms with van der Waals surface area (Å²) in [4.78, 5) is 41.9. The number of esters is 1. The summed E-state index contributed by atoms with van der Waals surface area (Å²) >= 11 is 0. The largest absolute Gasteiger partial charge is 0.456 e. The van der Waals surface area contributed by atoms with Crippen LogP contribution in [0.5, 0.6) is 0 Å². The molecule has 11 nitrogen and oxygen atoms in total. The first kappa shape index (κ1) is 36.3.